The zero-order valence-corrected chi connectivity index (χ0v) is 13.1. The Hall–Kier alpha value is -2.08. The molecule has 6 heteroatoms. The normalized spacial score (nSPS) is 16.0. The maximum Gasteiger partial charge on any atom is 0.230 e. The van der Waals surface area contributed by atoms with E-state index in [2.05, 4.69) is 15.3 Å². The lowest BCUT2D eigenvalue weighted by Gasteiger charge is -2.12. The minimum atomic E-state index is -0.0364. The number of benzene rings is 1. The van der Waals surface area contributed by atoms with Crippen LogP contribution in [-0.4, -0.2) is 40.5 Å². The van der Waals surface area contributed by atoms with Crippen molar-refractivity contribution in [3.8, 4) is 17.1 Å². The van der Waals surface area contributed by atoms with E-state index in [9.17, 15) is 4.79 Å². The van der Waals surface area contributed by atoms with Crippen molar-refractivity contribution in [2.75, 3.05) is 18.6 Å². The second-order valence-electron chi connectivity index (χ2n) is 5.05. The van der Waals surface area contributed by atoms with Gasteiger partial charge >= 0.3 is 0 Å². The SMILES string of the molecule is CSCC(=O)NCC1Cc2cccc(-c3ncccn3)c2O1. The van der Waals surface area contributed by atoms with E-state index in [1.165, 1.54) is 11.8 Å². The average Bonchev–Trinajstić information content (AvgIpc) is 2.97. The van der Waals surface area contributed by atoms with E-state index in [0.717, 1.165) is 23.3 Å². The monoisotopic (exact) mass is 315 g/mol. The quantitative estimate of drug-likeness (QED) is 0.913. The van der Waals surface area contributed by atoms with Crippen molar-refractivity contribution in [3.05, 3.63) is 42.2 Å². The van der Waals surface area contributed by atoms with Gasteiger partial charge in [-0.15, -0.1) is 0 Å². The van der Waals surface area contributed by atoms with Crippen LogP contribution in [0.2, 0.25) is 0 Å². The van der Waals surface area contributed by atoms with Crippen LogP contribution < -0.4 is 10.1 Å². The van der Waals surface area contributed by atoms with Gasteiger partial charge < -0.3 is 10.1 Å². The molecular weight excluding hydrogens is 298 g/mol. The number of amides is 1. The third-order valence-electron chi connectivity index (χ3n) is 3.44. The molecule has 1 atom stereocenters. The molecule has 0 radical (unpaired) electrons. The summed E-state index contributed by atoms with van der Waals surface area (Å²) >= 11 is 1.51. The van der Waals surface area contributed by atoms with E-state index < -0.39 is 0 Å². The van der Waals surface area contributed by atoms with Crippen LogP contribution in [0.3, 0.4) is 0 Å². The summed E-state index contributed by atoms with van der Waals surface area (Å²) < 4.78 is 6.02. The van der Waals surface area contributed by atoms with Gasteiger partial charge in [0.05, 0.1) is 17.9 Å². The first-order valence-corrected chi connectivity index (χ1v) is 8.49. The van der Waals surface area contributed by atoms with Crippen molar-refractivity contribution in [2.45, 2.75) is 12.5 Å². The van der Waals surface area contributed by atoms with Crippen LogP contribution >= 0.6 is 11.8 Å². The summed E-state index contributed by atoms with van der Waals surface area (Å²) in [4.78, 5) is 20.1. The fourth-order valence-electron chi connectivity index (χ4n) is 2.48. The molecule has 1 aliphatic rings. The van der Waals surface area contributed by atoms with Crippen LogP contribution in [0, 0.1) is 0 Å². The molecular formula is C16H17N3O2S. The van der Waals surface area contributed by atoms with E-state index in [4.69, 9.17) is 4.74 Å². The first kappa shape index (κ1) is 14.8. The molecule has 2 heterocycles. The first-order chi connectivity index (χ1) is 10.8. The summed E-state index contributed by atoms with van der Waals surface area (Å²) in [7, 11) is 0. The van der Waals surface area contributed by atoms with Gasteiger partial charge in [-0.05, 0) is 24.0 Å². The highest BCUT2D eigenvalue weighted by molar-refractivity contribution is 7.99. The Kier molecular flexibility index (Phi) is 4.58. The van der Waals surface area contributed by atoms with Crippen molar-refractivity contribution in [1.82, 2.24) is 15.3 Å². The van der Waals surface area contributed by atoms with Crippen molar-refractivity contribution in [2.24, 2.45) is 0 Å². The highest BCUT2D eigenvalue weighted by atomic mass is 32.2. The fourth-order valence-corrected chi connectivity index (χ4v) is 2.84. The third-order valence-corrected chi connectivity index (χ3v) is 3.99. The van der Waals surface area contributed by atoms with Crippen LogP contribution in [0.15, 0.2) is 36.7 Å². The predicted octanol–water partition coefficient (Wildman–Crippen LogP) is 1.93. The number of aromatic nitrogens is 2. The molecule has 1 aromatic heterocycles. The summed E-state index contributed by atoms with van der Waals surface area (Å²) in [5.74, 6) is 2.01. The average molecular weight is 315 g/mol. The first-order valence-electron chi connectivity index (χ1n) is 7.09. The maximum atomic E-state index is 11.6. The molecule has 0 aliphatic carbocycles. The number of nitrogens with zero attached hydrogens (tertiary/aromatic N) is 2. The molecule has 1 aromatic carbocycles. The molecule has 1 aliphatic heterocycles. The number of ether oxygens (including phenoxy) is 1. The molecule has 0 bridgehead atoms. The van der Waals surface area contributed by atoms with Crippen molar-refractivity contribution < 1.29 is 9.53 Å². The molecule has 1 unspecified atom stereocenters. The highest BCUT2D eigenvalue weighted by Crippen LogP contribution is 2.37. The highest BCUT2D eigenvalue weighted by Gasteiger charge is 2.26. The Morgan fingerprint density at radius 1 is 1.36 bits per heavy atom. The number of fused-ring (bicyclic) bond motifs is 1. The number of nitrogens with one attached hydrogen (secondary N) is 1. The molecule has 1 amide bonds. The number of carbonyl (C=O) groups is 1. The molecule has 0 saturated heterocycles. The van der Waals surface area contributed by atoms with Gasteiger partial charge in [0, 0.05) is 18.8 Å². The standard InChI is InChI=1S/C16H17N3O2S/c1-22-10-14(20)19-9-12-8-11-4-2-5-13(15(11)21-12)16-17-6-3-7-18-16/h2-7,12H,8-10H2,1H3,(H,19,20). The minimum Gasteiger partial charge on any atom is -0.487 e. The van der Waals surface area contributed by atoms with Crippen molar-refractivity contribution in [3.63, 3.8) is 0 Å². The molecule has 3 rings (SSSR count). The largest absolute Gasteiger partial charge is 0.487 e. The number of carbonyl (C=O) groups excluding carboxylic acids is 1. The molecule has 114 valence electrons. The lowest BCUT2D eigenvalue weighted by atomic mass is 10.1. The van der Waals surface area contributed by atoms with Gasteiger partial charge in [-0.1, -0.05) is 12.1 Å². The van der Waals surface area contributed by atoms with Crippen LogP contribution in [0.1, 0.15) is 5.56 Å². The molecule has 1 N–H and O–H groups in total. The second-order valence-corrected chi connectivity index (χ2v) is 5.91. The Balaban J connectivity index is 1.72. The van der Waals surface area contributed by atoms with Gasteiger partial charge in [0.1, 0.15) is 11.9 Å². The number of thioether (sulfide) groups is 1. The summed E-state index contributed by atoms with van der Waals surface area (Å²) in [6, 6.07) is 7.79. The number of hydrogen-bond acceptors (Lipinski definition) is 5. The maximum absolute atomic E-state index is 11.6. The zero-order valence-electron chi connectivity index (χ0n) is 12.3. The molecule has 0 spiro atoms. The van der Waals surface area contributed by atoms with E-state index in [-0.39, 0.29) is 12.0 Å². The Morgan fingerprint density at radius 2 is 2.18 bits per heavy atom. The van der Waals surface area contributed by atoms with Crippen molar-refractivity contribution >= 4 is 17.7 Å². The van der Waals surface area contributed by atoms with E-state index >= 15 is 0 Å². The van der Waals surface area contributed by atoms with Gasteiger partial charge in [-0.25, -0.2) is 9.97 Å². The molecule has 0 fully saturated rings. The third kappa shape index (κ3) is 3.22. The predicted molar refractivity (Wildman–Crippen MR) is 87.0 cm³/mol. The molecule has 2 aromatic rings. The second kappa shape index (κ2) is 6.79. The molecule has 22 heavy (non-hydrogen) atoms. The summed E-state index contributed by atoms with van der Waals surface area (Å²) in [6.07, 6.45) is 6.10. The van der Waals surface area contributed by atoms with E-state index in [1.807, 2.05) is 24.5 Å². The van der Waals surface area contributed by atoms with Crippen LogP contribution in [0.5, 0.6) is 5.75 Å². The number of rotatable bonds is 5. The van der Waals surface area contributed by atoms with Crippen molar-refractivity contribution in [1.29, 1.82) is 0 Å². The molecule has 0 saturated carbocycles. The Bertz CT molecular complexity index is 664. The van der Waals surface area contributed by atoms with E-state index in [0.29, 0.717) is 18.1 Å². The summed E-state index contributed by atoms with van der Waals surface area (Å²) in [5.41, 5.74) is 2.03. The number of para-hydroxylation sites is 1. The van der Waals surface area contributed by atoms with Crippen LogP contribution in [0.4, 0.5) is 0 Å². The van der Waals surface area contributed by atoms with Gasteiger partial charge in [-0.2, -0.15) is 11.8 Å². The smallest absolute Gasteiger partial charge is 0.230 e. The fraction of sp³-hybridized carbons (Fsp3) is 0.312. The lowest BCUT2D eigenvalue weighted by Crippen LogP contribution is -2.35. The summed E-state index contributed by atoms with van der Waals surface area (Å²) in [6.45, 7) is 0.517. The Labute approximate surface area is 133 Å². The Morgan fingerprint density at radius 3 is 2.95 bits per heavy atom. The van der Waals surface area contributed by atoms with Gasteiger partial charge in [-0.3, -0.25) is 4.79 Å². The van der Waals surface area contributed by atoms with Crippen LogP contribution in [-0.2, 0) is 11.2 Å². The lowest BCUT2D eigenvalue weighted by molar-refractivity contribution is -0.118. The van der Waals surface area contributed by atoms with Gasteiger partial charge in [0.25, 0.3) is 0 Å². The molecule has 5 nitrogen and oxygen atoms in total. The van der Waals surface area contributed by atoms with Gasteiger partial charge in [0.2, 0.25) is 5.91 Å². The van der Waals surface area contributed by atoms with E-state index in [1.54, 1.807) is 18.5 Å². The minimum absolute atomic E-state index is 0.0364. The number of hydrogen-bond donors (Lipinski definition) is 1. The van der Waals surface area contributed by atoms with Gasteiger partial charge in [0.15, 0.2) is 5.82 Å². The zero-order chi connectivity index (χ0) is 15.4. The topological polar surface area (TPSA) is 64.1 Å². The van der Waals surface area contributed by atoms with Crippen LogP contribution in [0.25, 0.3) is 11.4 Å². The summed E-state index contributed by atoms with van der Waals surface area (Å²) in [5, 5.41) is 2.90.